The van der Waals surface area contributed by atoms with Crippen LogP contribution in [-0.4, -0.2) is 25.2 Å². The van der Waals surface area contributed by atoms with E-state index in [1.807, 2.05) is 0 Å². The third-order valence-electron chi connectivity index (χ3n) is 4.20. The van der Waals surface area contributed by atoms with Crippen molar-refractivity contribution in [3.8, 4) is 0 Å². The summed E-state index contributed by atoms with van der Waals surface area (Å²) in [6.45, 7) is 10.5. The average Bonchev–Trinajstić information content (AvgIpc) is 2.33. The van der Waals surface area contributed by atoms with Gasteiger partial charge in [0.05, 0.1) is 0 Å². The molecule has 0 aromatic rings. The van der Waals surface area contributed by atoms with Gasteiger partial charge in [0, 0.05) is 5.54 Å². The molecule has 1 rings (SSSR count). The Morgan fingerprint density at radius 1 is 1.19 bits per heavy atom. The predicted octanol–water partition coefficient (Wildman–Crippen LogP) is 2.97. The van der Waals surface area contributed by atoms with Gasteiger partial charge in [-0.2, -0.15) is 0 Å². The molecule has 0 radical (unpaired) electrons. The Bertz CT molecular complexity index is 155. The van der Waals surface area contributed by atoms with E-state index in [0.29, 0.717) is 5.54 Å². The lowest BCUT2D eigenvalue weighted by atomic mass is 9.88. The molecule has 1 aliphatic rings. The Balaban J connectivity index is 0.00000225. The van der Waals surface area contributed by atoms with Gasteiger partial charge in [0.2, 0.25) is 0 Å². The van der Waals surface area contributed by atoms with E-state index in [1.165, 1.54) is 51.7 Å². The Morgan fingerprint density at radius 2 is 1.81 bits per heavy atom. The van der Waals surface area contributed by atoms with Gasteiger partial charge in [-0.3, -0.25) is 0 Å². The normalized spacial score (nSPS) is 21.6. The zero-order valence-electron chi connectivity index (χ0n) is 11.1. The van der Waals surface area contributed by atoms with E-state index in [1.54, 1.807) is 0 Å². The summed E-state index contributed by atoms with van der Waals surface area (Å²) < 4.78 is 0. The maximum Gasteiger partial charge on any atom is 0.0173 e. The molecule has 1 aliphatic heterocycles. The number of piperidine rings is 1. The van der Waals surface area contributed by atoms with Crippen LogP contribution in [0, 0.1) is 5.92 Å². The van der Waals surface area contributed by atoms with Crippen LogP contribution in [0.3, 0.4) is 0 Å². The smallest absolute Gasteiger partial charge is 0.0173 e. The van der Waals surface area contributed by atoms with Crippen LogP contribution < -0.4 is 10.6 Å². The first-order valence-electron chi connectivity index (χ1n) is 6.72. The minimum absolute atomic E-state index is 0. The second-order valence-electron chi connectivity index (χ2n) is 4.93. The monoisotopic (exact) mass is 248 g/mol. The number of hydrogen-bond donors (Lipinski definition) is 2. The summed E-state index contributed by atoms with van der Waals surface area (Å²) in [6, 6.07) is 0. The summed E-state index contributed by atoms with van der Waals surface area (Å²) in [5.41, 5.74) is 0.400. The number of hydrogen-bond acceptors (Lipinski definition) is 2. The van der Waals surface area contributed by atoms with E-state index in [9.17, 15) is 0 Å². The van der Waals surface area contributed by atoms with E-state index in [0.717, 1.165) is 5.92 Å². The average molecular weight is 249 g/mol. The van der Waals surface area contributed by atoms with Crippen LogP contribution in [0.5, 0.6) is 0 Å². The maximum atomic E-state index is 3.81. The van der Waals surface area contributed by atoms with E-state index in [4.69, 9.17) is 0 Å². The number of rotatable bonds is 6. The van der Waals surface area contributed by atoms with E-state index < -0.39 is 0 Å². The van der Waals surface area contributed by atoms with Crippen LogP contribution in [0.4, 0.5) is 0 Å². The van der Waals surface area contributed by atoms with Crippen molar-refractivity contribution in [3.05, 3.63) is 0 Å². The molecule has 0 aromatic heterocycles. The predicted molar refractivity (Wildman–Crippen MR) is 74.4 cm³/mol. The molecule has 2 nitrogen and oxygen atoms in total. The molecule has 16 heavy (non-hydrogen) atoms. The molecule has 1 saturated heterocycles. The van der Waals surface area contributed by atoms with Crippen LogP contribution in [0.1, 0.15) is 52.9 Å². The lowest BCUT2D eigenvalue weighted by Gasteiger charge is -2.35. The first-order valence-corrected chi connectivity index (χ1v) is 6.72. The van der Waals surface area contributed by atoms with Gasteiger partial charge < -0.3 is 10.6 Å². The van der Waals surface area contributed by atoms with Crippen molar-refractivity contribution in [2.75, 3.05) is 19.6 Å². The molecule has 0 spiro atoms. The zero-order valence-corrected chi connectivity index (χ0v) is 12.0. The molecular formula is C13H29ClN2. The van der Waals surface area contributed by atoms with Crippen molar-refractivity contribution in [1.82, 2.24) is 10.6 Å². The number of nitrogens with one attached hydrogen (secondary N) is 2. The SMILES string of the molecule is CCC(CC)(CC)NCC1CCCNC1.Cl. The number of halogens is 1. The van der Waals surface area contributed by atoms with Crippen LogP contribution in [0.2, 0.25) is 0 Å². The second-order valence-corrected chi connectivity index (χ2v) is 4.93. The highest BCUT2D eigenvalue weighted by Gasteiger charge is 2.24. The van der Waals surface area contributed by atoms with Gasteiger partial charge in [0.1, 0.15) is 0 Å². The lowest BCUT2D eigenvalue weighted by molar-refractivity contribution is 0.252. The summed E-state index contributed by atoms with van der Waals surface area (Å²) in [7, 11) is 0. The van der Waals surface area contributed by atoms with Crippen molar-refractivity contribution < 1.29 is 0 Å². The highest BCUT2D eigenvalue weighted by molar-refractivity contribution is 5.85. The van der Waals surface area contributed by atoms with Crippen molar-refractivity contribution in [1.29, 1.82) is 0 Å². The van der Waals surface area contributed by atoms with E-state index in [2.05, 4.69) is 31.4 Å². The van der Waals surface area contributed by atoms with Gasteiger partial charge in [-0.05, 0) is 57.7 Å². The van der Waals surface area contributed by atoms with Gasteiger partial charge in [0.15, 0.2) is 0 Å². The van der Waals surface area contributed by atoms with E-state index >= 15 is 0 Å². The minimum Gasteiger partial charge on any atom is -0.316 e. The molecule has 0 amide bonds. The molecule has 1 unspecified atom stereocenters. The summed E-state index contributed by atoms with van der Waals surface area (Å²) in [6.07, 6.45) is 6.50. The molecule has 1 heterocycles. The van der Waals surface area contributed by atoms with Gasteiger partial charge in [-0.1, -0.05) is 20.8 Å². The van der Waals surface area contributed by atoms with Gasteiger partial charge in [0.25, 0.3) is 0 Å². The summed E-state index contributed by atoms with van der Waals surface area (Å²) in [5.74, 6) is 0.850. The standard InChI is InChI=1S/C13H28N2.ClH/c1-4-13(5-2,6-3)15-11-12-8-7-9-14-10-12;/h12,14-15H,4-11H2,1-3H3;1H. The van der Waals surface area contributed by atoms with Crippen molar-refractivity contribution in [3.63, 3.8) is 0 Å². The molecule has 1 fully saturated rings. The third-order valence-corrected chi connectivity index (χ3v) is 4.20. The quantitative estimate of drug-likeness (QED) is 0.755. The van der Waals surface area contributed by atoms with Gasteiger partial charge in [-0.25, -0.2) is 0 Å². The van der Waals surface area contributed by atoms with E-state index in [-0.39, 0.29) is 12.4 Å². The molecule has 0 aromatic carbocycles. The fourth-order valence-corrected chi connectivity index (χ4v) is 2.58. The largest absolute Gasteiger partial charge is 0.316 e. The van der Waals surface area contributed by atoms with Gasteiger partial charge in [-0.15, -0.1) is 12.4 Å². The van der Waals surface area contributed by atoms with Crippen LogP contribution >= 0.6 is 12.4 Å². The molecule has 0 saturated carbocycles. The first kappa shape index (κ1) is 16.2. The van der Waals surface area contributed by atoms with Crippen molar-refractivity contribution in [2.45, 2.75) is 58.4 Å². The Labute approximate surface area is 107 Å². The van der Waals surface area contributed by atoms with Gasteiger partial charge >= 0.3 is 0 Å². The van der Waals surface area contributed by atoms with Crippen LogP contribution in [-0.2, 0) is 0 Å². The zero-order chi connectivity index (χ0) is 11.1. The molecular weight excluding hydrogens is 220 g/mol. The molecule has 3 heteroatoms. The Hall–Kier alpha value is 0.210. The molecule has 98 valence electrons. The fraction of sp³-hybridized carbons (Fsp3) is 1.00. The fourth-order valence-electron chi connectivity index (χ4n) is 2.58. The topological polar surface area (TPSA) is 24.1 Å². The lowest BCUT2D eigenvalue weighted by Crippen LogP contribution is -2.47. The highest BCUT2D eigenvalue weighted by Crippen LogP contribution is 2.20. The first-order chi connectivity index (χ1) is 7.26. The van der Waals surface area contributed by atoms with Crippen LogP contribution in [0.15, 0.2) is 0 Å². The summed E-state index contributed by atoms with van der Waals surface area (Å²) in [4.78, 5) is 0. The Morgan fingerprint density at radius 3 is 2.25 bits per heavy atom. The molecule has 1 atom stereocenters. The molecule has 0 bridgehead atoms. The third kappa shape index (κ3) is 4.60. The maximum absolute atomic E-state index is 3.81. The van der Waals surface area contributed by atoms with Crippen LogP contribution in [0.25, 0.3) is 0 Å². The molecule has 0 aliphatic carbocycles. The highest BCUT2D eigenvalue weighted by atomic mass is 35.5. The van der Waals surface area contributed by atoms with Crippen molar-refractivity contribution >= 4 is 12.4 Å². The summed E-state index contributed by atoms with van der Waals surface area (Å²) >= 11 is 0. The Kier molecular flexibility index (Phi) is 8.43. The summed E-state index contributed by atoms with van der Waals surface area (Å²) in [5, 5.41) is 7.30. The molecule has 2 N–H and O–H groups in total. The minimum atomic E-state index is 0. The van der Waals surface area contributed by atoms with Crippen molar-refractivity contribution in [2.24, 2.45) is 5.92 Å². The second kappa shape index (κ2) is 8.32.